The highest BCUT2D eigenvalue weighted by atomic mass is 16.3. The number of allylic oxidation sites excluding steroid dienone is 2. The Morgan fingerprint density at radius 2 is 2.00 bits per heavy atom. The van der Waals surface area contributed by atoms with Gasteiger partial charge in [0.05, 0.1) is 5.56 Å². The zero-order chi connectivity index (χ0) is 13.0. The molecular weight excluding hydrogens is 212 g/mol. The van der Waals surface area contributed by atoms with Crippen molar-refractivity contribution in [1.29, 1.82) is 0 Å². The summed E-state index contributed by atoms with van der Waals surface area (Å²) in [7, 11) is 0. The van der Waals surface area contributed by atoms with Gasteiger partial charge in [-0.2, -0.15) is 0 Å². The molecule has 92 valence electrons. The summed E-state index contributed by atoms with van der Waals surface area (Å²) in [5.74, 6) is 0.646. The van der Waals surface area contributed by atoms with Gasteiger partial charge < -0.3 is 5.11 Å². The van der Waals surface area contributed by atoms with E-state index in [1.54, 1.807) is 0 Å². The van der Waals surface area contributed by atoms with Gasteiger partial charge in [-0.1, -0.05) is 32.1 Å². The Labute approximate surface area is 103 Å². The molecule has 0 amide bonds. The third-order valence-corrected chi connectivity index (χ3v) is 2.88. The Balaban J connectivity index is 3.06. The Bertz CT molecular complexity index is 443. The number of carbonyl (C=O) groups is 1. The zero-order valence-electron chi connectivity index (χ0n) is 10.9. The number of aldehydes is 1. The van der Waals surface area contributed by atoms with Gasteiger partial charge in [-0.15, -0.1) is 0 Å². The van der Waals surface area contributed by atoms with Crippen molar-refractivity contribution in [3.63, 3.8) is 0 Å². The van der Waals surface area contributed by atoms with E-state index in [0.717, 1.165) is 23.1 Å². The van der Waals surface area contributed by atoms with Crippen LogP contribution in [-0.4, -0.2) is 11.4 Å². The molecule has 0 bridgehead atoms. The van der Waals surface area contributed by atoms with Gasteiger partial charge in [-0.3, -0.25) is 4.79 Å². The van der Waals surface area contributed by atoms with Crippen molar-refractivity contribution in [2.45, 2.75) is 34.1 Å². The summed E-state index contributed by atoms with van der Waals surface area (Å²) in [6.07, 6.45) is 5.74. The summed E-state index contributed by atoms with van der Waals surface area (Å²) in [4.78, 5) is 10.8. The average molecular weight is 232 g/mol. The number of aromatic hydroxyl groups is 1. The van der Waals surface area contributed by atoms with Crippen molar-refractivity contribution >= 4 is 6.29 Å². The van der Waals surface area contributed by atoms with E-state index in [1.165, 1.54) is 0 Å². The molecule has 0 unspecified atom stereocenters. The van der Waals surface area contributed by atoms with E-state index in [4.69, 9.17) is 0 Å². The van der Waals surface area contributed by atoms with Crippen molar-refractivity contribution in [3.05, 3.63) is 40.5 Å². The van der Waals surface area contributed by atoms with E-state index < -0.39 is 0 Å². The van der Waals surface area contributed by atoms with Gasteiger partial charge in [-0.25, -0.2) is 0 Å². The molecule has 2 heteroatoms. The highest BCUT2D eigenvalue weighted by molar-refractivity contribution is 5.82. The predicted octanol–water partition coefficient (Wildman–Crippen LogP) is 3.58. The molecule has 0 aliphatic carbocycles. The van der Waals surface area contributed by atoms with Crippen LogP contribution in [0.15, 0.2) is 18.2 Å². The van der Waals surface area contributed by atoms with E-state index >= 15 is 0 Å². The molecule has 0 aliphatic rings. The fraction of sp³-hybridized carbons (Fsp3) is 0.400. The minimum atomic E-state index is 0.118. The molecule has 0 aromatic heterocycles. The fourth-order valence-corrected chi connectivity index (χ4v) is 1.82. The summed E-state index contributed by atoms with van der Waals surface area (Å²) in [5.41, 5.74) is 3.10. The lowest BCUT2D eigenvalue weighted by Gasteiger charge is -2.10. The van der Waals surface area contributed by atoms with Crippen molar-refractivity contribution < 1.29 is 9.90 Å². The highest BCUT2D eigenvalue weighted by Crippen LogP contribution is 2.27. The van der Waals surface area contributed by atoms with Gasteiger partial charge in [-0.05, 0) is 42.9 Å². The summed E-state index contributed by atoms with van der Waals surface area (Å²) in [6.45, 7) is 7.95. The van der Waals surface area contributed by atoms with Gasteiger partial charge >= 0.3 is 0 Å². The maximum absolute atomic E-state index is 10.8. The SMILES string of the molecule is Cc1cc(CC=CC(C)C)c(C)c(O)c1C=O. The molecule has 0 atom stereocenters. The van der Waals surface area contributed by atoms with E-state index in [9.17, 15) is 9.90 Å². The fourth-order valence-electron chi connectivity index (χ4n) is 1.82. The number of rotatable bonds is 4. The number of phenolic OH excluding ortho intramolecular Hbond substituents is 1. The molecule has 0 fully saturated rings. The van der Waals surface area contributed by atoms with Crippen molar-refractivity contribution in [2.24, 2.45) is 5.92 Å². The third-order valence-electron chi connectivity index (χ3n) is 2.88. The van der Waals surface area contributed by atoms with Crippen LogP contribution in [0.3, 0.4) is 0 Å². The minimum absolute atomic E-state index is 0.118. The molecule has 1 rings (SSSR count). The Morgan fingerprint density at radius 3 is 2.53 bits per heavy atom. The Kier molecular flexibility index (Phi) is 4.50. The van der Waals surface area contributed by atoms with E-state index in [2.05, 4.69) is 26.0 Å². The summed E-state index contributed by atoms with van der Waals surface area (Å²) in [5, 5.41) is 9.91. The first kappa shape index (κ1) is 13.5. The summed E-state index contributed by atoms with van der Waals surface area (Å²) >= 11 is 0. The maximum atomic E-state index is 10.8. The molecule has 0 aliphatic heterocycles. The number of carbonyl (C=O) groups excluding carboxylic acids is 1. The van der Waals surface area contributed by atoms with Crippen LogP contribution in [0.2, 0.25) is 0 Å². The second-order valence-corrected chi connectivity index (χ2v) is 4.73. The molecule has 0 heterocycles. The van der Waals surface area contributed by atoms with Gasteiger partial charge in [0.1, 0.15) is 5.75 Å². The lowest BCUT2D eigenvalue weighted by molar-refractivity contribution is 0.112. The van der Waals surface area contributed by atoms with Crippen LogP contribution in [-0.2, 0) is 6.42 Å². The number of benzene rings is 1. The molecule has 1 aromatic carbocycles. The van der Waals surface area contributed by atoms with Crippen molar-refractivity contribution in [2.75, 3.05) is 0 Å². The second-order valence-electron chi connectivity index (χ2n) is 4.73. The molecular formula is C15H20O2. The lowest BCUT2D eigenvalue weighted by atomic mass is 9.96. The molecule has 0 spiro atoms. The van der Waals surface area contributed by atoms with Gasteiger partial charge in [0, 0.05) is 0 Å². The minimum Gasteiger partial charge on any atom is -0.507 e. The lowest BCUT2D eigenvalue weighted by Crippen LogP contribution is -1.96. The quantitative estimate of drug-likeness (QED) is 0.636. The summed E-state index contributed by atoms with van der Waals surface area (Å²) in [6, 6.07) is 1.98. The molecule has 1 N–H and O–H groups in total. The standard InChI is InChI=1S/C15H20O2/c1-10(2)6-5-7-13-8-11(3)14(9-16)15(17)12(13)4/h5-6,8-10,17H,7H2,1-4H3. The van der Waals surface area contributed by atoms with Gasteiger partial charge in [0.15, 0.2) is 6.29 Å². The number of hydrogen-bond acceptors (Lipinski definition) is 2. The first-order valence-corrected chi connectivity index (χ1v) is 5.91. The summed E-state index contributed by atoms with van der Waals surface area (Å²) < 4.78 is 0. The van der Waals surface area contributed by atoms with Gasteiger partial charge in [0.25, 0.3) is 0 Å². The van der Waals surface area contributed by atoms with Crippen LogP contribution in [0.5, 0.6) is 5.75 Å². The number of phenols is 1. The largest absolute Gasteiger partial charge is 0.507 e. The molecule has 0 saturated heterocycles. The van der Waals surface area contributed by atoms with E-state index in [0.29, 0.717) is 17.8 Å². The van der Waals surface area contributed by atoms with Crippen LogP contribution in [0, 0.1) is 19.8 Å². The maximum Gasteiger partial charge on any atom is 0.154 e. The highest BCUT2D eigenvalue weighted by Gasteiger charge is 2.10. The molecule has 1 aromatic rings. The van der Waals surface area contributed by atoms with E-state index in [1.807, 2.05) is 19.9 Å². The Hall–Kier alpha value is -1.57. The van der Waals surface area contributed by atoms with Crippen LogP contribution < -0.4 is 0 Å². The molecule has 17 heavy (non-hydrogen) atoms. The van der Waals surface area contributed by atoms with Crippen molar-refractivity contribution in [3.8, 4) is 5.75 Å². The molecule has 2 nitrogen and oxygen atoms in total. The third kappa shape index (κ3) is 3.19. The molecule has 0 radical (unpaired) electrons. The second kappa shape index (κ2) is 5.67. The Morgan fingerprint density at radius 1 is 1.35 bits per heavy atom. The van der Waals surface area contributed by atoms with Crippen LogP contribution in [0.1, 0.15) is 40.9 Å². The van der Waals surface area contributed by atoms with Crippen LogP contribution in [0.4, 0.5) is 0 Å². The first-order chi connectivity index (χ1) is 7.97. The van der Waals surface area contributed by atoms with Crippen LogP contribution >= 0.6 is 0 Å². The first-order valence-electron chi connectivity index (χ1n) is 5.91. The average Bonchev–Trinajstić information content (AvgIpc) is 2.25. The van der Waals surface area contributed by atoms with E-state index in [-0.39, 0.29) is 5.75 Å². The predicted molar refractivity (Wildman–Crippen MR) is 70.7 cm³/mol. The number of aryl methyl sites for hydroxylation is 1. The van der Waals surface area contributed by atoms with Gasteiger partial charge in [0.2, 0.25) is 0 Å². The van der Waals surface area contributed by atoms with Crippen molar-refractivity contribution in [1.82, 2.24) is 0 Å². The number of hydrogen-bond donors (Lipinski definition) is 1. The molecule has 0 saturated carbocycles. The monoisotopic (exact) mass is 232 g/mol. The van der Waals surface area contributed by atoms with Crippen LogP contribution in [0.25, 0.3) is 0 Å². The smallest absolute Gasteiger partial charge is 0.154 e. The zero-order valence-corrected chi connectivity index (χ0v) is 10.9. The normalized spacial score (nSPS) is 11.4. The topological polar surface area (TPSA) is 37.3 Å².